The van der Waals surface area contributed by atoms with Crippen molar-refractivity contribution in [2.75, 3.05) is 13.7 Å². The Bertz CT molecular complexity index is 1800. The van der Waals surface area contributed by atoms with Crippen molar-refractivity contribution in [2.45, 2.75) is 13.0 Å². The van der Waals surface area contributed by atoms with Crippen LogP contribution in [0.1, 0.15) is 22.5 Å². The molecule has 0 aliphatic rings. The maximum absolute atomic E-state index is 14.1. The average molecular weight is 551 g/mol. The Balaban J connectivity index is 1.85. The van der Waals surface area contributed by atoms with Gasteiger partial charge in [0.2, 0.25) is 0 Å². The third-order valence-electron chi connectivity index (χ3n) is 6.55. The molecule has 41 heavy (non-hydrogen) atoms. The van der Waals surface area contributed by atoms with Crippen LogP contribution in [0, 0.1) is 0 Å². The Morgan fingerprint density at radius 3 is 2.37 bits per heavy atom. The van der Waals surface area contributed by atoms with Gasteiger partial charge in [0.05, 0.1) is 37.5 Å². The SMILES string of the molecule is COc1cncc(-c2nc(C(=O)NCCC(=O)O)c(O)c3cc(-c4ccccc4)c(=O)n(Cc4ccccc4)c23)c1. The molecule has 10 nitrogen and oxygen atoms in total. The largest absolute Gasteiger partial charge is 0.505 e. The zero-order valence-electron chi connectivity index (χ0n) is 22.1. The number of aromatic nitrogens is 3. The number of carboxylic acid groups (broad SMARTS) is 1. The van der Waals surface area contributed by atoms with Gasteiger partial charge in [0.25, 0.3) is 11.5 Å². The van der Waals surface area contributed by atoms with Crippen LogP contribution in [0.5, 0.6) is 11.5 Å². The molecule has 0 unspecified atom stereocenters. The van der Waals surface area contributed by atoms with Crippen molar-refractivity contribution in [1.29, 1.82) is 0 Å². The van der Waals surface area contributed by atoms with Crippen molar-refractivity contribution in [3.8, 4) is 33.9 Å². The van der Waals surface area contributed by atoms with E-state index >= 15 is 0 Å². The van der Waals surface area contributed by atoms with Gasteiger partial charge in [-0.1, -0.05) is 60.7 Å². The Hall–Kier alpha value is -5.51. The number of carboxylic acids is 1. The van der Waals surface area contributed by atoms with Gasteiger partial charge in [0.15, 0.2) is 11.4 Å². The number of nitrogens with zero attached hydrogens (tertiary/aromatic N) is 3. The molecule has 0 aliphatic heterocycles. The number of aromatic hydroxyl groups is 1. The molecular weight excluding hydrogens is 524 g/mol. The summed E-state index contributed by atoms with van der Waals surface area (Å²) in [4.78, 5) is 47.0. The number of carbonyl (C=O) groups excluding carboxylic acids is 1. The highest BCUT2D eigenvalue weighted by Crippen LogP contribution is 2.37. The van der Waals surface area contributed by atoms with Crippen LogP contribution >= 0.6 is 0 Å². The van der Waals surface area contributed by atoms with E-state index in [-0.39, 0.29) is 41.8 Å². The van der Waals surface area contributed by atoms with Crippen molar-refractivity contribution in [3.63, 3.8) is 0 Å². The monoisotopic (exact) mass is 550 g/mol. The van der Waals surface area contributed by atoms with Crippen LogP contribution in [0.15, 0.2) is 90.0 Å². The molecular formula is C31H26N4O6. The van der Waals surface area contributed by atoms with Crippen LogP contribution in [-0.4, -0.2) is 50.3 Å². The van der Waals surface area contributed by atoms with Gasteiger partial charge in [-0.05, 0) is 23.3 Å². The number of benzene rings is 2. The van der Waals surface area contributed by atoms with Gasteiger partial charge < -0.3 is 24.8 Å². The molecule has 206 valence electrons. The summed E-state index contributed by atoms with van der Waals surface area (Å²) in [5, 5.41) is 23.2. The molecule has 0 saturated carbocycles. The minimum absolute atomic E-state index is 0.159. The molecule has 3 heterocycles. The number of nitrogens with one attached hydrogen (secondary N) is 1. The number of hydrogen-bond donors (Lipinski definition) is 3. The molecule has 0 atom stereocenters. The van der Waals surface area contributed by atoms with Crippen LogP contribution < -0.4 is 15.6 Å². The molecule has 0 radical (unpaired) electrons. The van der Waals surface area contributed by atoms with Gasteiger partial charge in [-0.25, -0.2) is 4.98 Å². The van der Waals surface area contributed by atoms with Crippen LogP contribution in [0.3, 0.4) is 0 Å². The van der Waals surface area contributed by atoms with Gasteiger partial charge in [0.1, 0.15) is 5.75 Å². The van der Waals surface area contributed by atoms with E-state index in [0.717, 1.165) is 5.56 Å². The third-order valence-corrected chi connectivity index (χ3v) is 6.55. The Kier molecular flexibility index (Phi) is 7.73. The first-order chi connectivity index (χ1) is 19.9. The second-order valence-electron chi connectivity index (χ2n) is 9.23. The van der Waals surface area contributed by atoms with E-state index in [9.17, 15) is 19.5 Å². The standard InChI is InChI=1S/C31H26N4O6/c1-41-22-14-21(16-32-17-22)26-28-24(29(38)27(34-26)30(39)33-13-12-25(36)37)15-23(20-10-6-3-7-11-20)31(40)35(28)18-19-8-4-2-5-9-19/h2-11,14-17,38H,12-13,18H2,1H3,(H,33,39)(H,36,37). The summed E-state index contributed by atoms with van der Waals surface area (Å²) in [6.07, 6.45) is 2.73. The molecule has 0 bridgehead atoms. The van der Waals surface area contributed by atoms with E-state index in [1.807, 2.05) is 48.5 Å². The smallest absolute Gasteiger partial charge is 0.305 e. The summed E-state index contributed by atoms with van der Waals surface area (Å²) in [5.74, 6) is -1.85. The maximum Gasteiger partial charge on any atom is 0.305 e. The normalized spacial score (nSPS) is 10.9. The maximum atomic E-state index is 14.1. The Morgan fingerprint density at radius 2 is 1.68 bits per heavy atom. The number of fused-ring (bicyclic) bond motifs is 1. The van der Waals surface area contributed by atoms with Gasteiger partial charge in [-0.3, -0.25) is 19.4 Å². The highest BCUT2D eigenvalue weighted by atomic mass is 16.5. The van der Waals surface area contributed by atoms with Crippen LogP contribution in [0.2, 0.25) is 0 Å². The number of amides is 1. The Labute approximate surface area is 234 Å². The fourth-order valence-corrected chi connectivity index (χ4v) is 4.58. The van der Waals surface area contributed by atoms with Crippen molar-refractivity contribution < 1.29 is 24.5 Å². The lowest BCUT2D eigenvalue weighted by Crippen LogP contribution is -2.28. The summed E-state index contributed by atoms with van der Waals surface area (Å²) in [7, 11) is 1.49. The quantitative estimate of drug-likeness (QED) is 0.249. The summed E-state index contributed by atoms with van der Waals surface area (Å²) in [5.41, 5.74) is 2.13. The average Bonchev–Trinajstić information content (AvgIpc) is 2.99. The third kappa shape index (κ3) is 5.62. The molecule has 2 aromatic carbocycles. The molecule has 5 rings (SSSR count). The van der Waals surface area contributed by atoms with Crippen LogP contribution in [-0.2, 0) is 11.3 Å². The minimum atomic E-state index is -1.08. The predicted molar refractivity (Wildman–Crippen MR) is 153 cm³/mol. The van der Waals surface area contributed by atoms with Crippen molar-refractivity contribution >= 4 is 22.8 Å². The summed E-state index contributed by atoms with van der Waals surface area (Å²) in [6.45, 7) is -0.00133. The van der Waals surface area contributed by atoms with Gasteiger partial charge in [-0.2, -0.15) is 0 Å². The molecule has 10 heteroatoms. The molecule has 0 aliphatic carbocycles. The van der Waals surface area contributed by atoms with Crippen molar-refractivity contribution in [3.05, 3.63) is 107 Å². The van der Waals surface area contributed by atoms with Crippen molar-refractivity contribution in [2.24, 2.45) is 0 Å². The number of rotatable bonds is 9. The van der Waals surface area contributed by atoms with Crippen molar-refractivity contribution in [1.82, 2.24) is 19.9 Å². The summed E-state index contributed by atoms with van der Waals surface area (Å²) >= 11 is 0. The van der Waals surface area contributed by atoms with E-state index in [2.05, 4.69) is 15.3 Å². The zero-order valence-corrected chi connectivity index (χ0v) is 22.1. The Morgan fingerprint density at radius 1 is 0.976 bits per heavy atom. The number of carbonyl (C=O) groups is 2. The molecule has 3 N–H and O–H groups in total. The molecule has 0 saturated heterocycles. The molecule has 3 aromatic heterocycles. The topological polar surface area (TPSA) is 144 Å². The van der Waals surface area contributed by atoms with Crippen LogP contribution in [0.4, 0.5) is 0 Å². The lowest BCUT2D eigenvalue weighted by Gasteiger charge is -2.19. The lowest BCUT2D eigenvalue weighted by atomic mass is 10.0. The molecule has 1 amide bonds. The fourth-order valence-electron chi connectivity index (χ4n) is 4.58. The summed E-state index contributed by atoms with van der Waals surface area (Å²) in [6, 6.07) is 21.6. The fraction of sp³-hybridized carbons (Fsp3) is 0.129. The highest BCUT2D eigenvalue weighted by molar-refractivity contribution is 6.06. The number of aliphatic carboxylic acids is 1. The predicted octanol–water partition coefficient (Wildman–Crippen LogP) is 4.09. The van der Waals surface area contributed by atoms with Gasteiger partial charge >= 0.3 is 5.97 Å². The lowest BCUT2D eigenvalue weighted by molar-refractivity contribution is -0.136. The van der Waals surface area contributed by atoms with E-state index < -0.39 is 17.6 Å². The highest BCUT2D eigenvalue weighted by Gasteiger charge is 2.25. The second-order valence-corrected chi connectivity index (χ2v) is 9.23. The van der Waals surface area contributed by atoms with Gasteiger partial charge in [-0.15, -0.1) is 0 Å². The first-order valence-corrected chi connectivity index (χ1v) is 12.8. The molecule has 5 aromatic rings. The van der Waals surface area contributed by atoms with E-state index in [0.29, 0.717) is 28.0 Å². The van der Waals surface area contributed by atoms with E-state index in [1.165, 1.54) is 24.1 Å². The minimum Gasteiger partial charge on any atom is -0.505 e. The first kappa shape index (κ1) is 27.1. The number of methoxy groups -OCH3 is 1. The molecule has 0 fully saturated rings. The van der Waals surface area contributed by atoms with Crippen LogP contribution in [0.25, 0.3) is 33.3 Å². The first-order valence-electron chi connectivity index (χ1n) is 12.8. The number of pyridine rings is 3. The van der Waals surface area contributed by atoms with E-state index in [1.54, 1.807) is 24.3 Å². The zero-order chi connectivity index (χ0) is 28.9. The number of hydrogen-bond acceptors (Lipinski definition) is 7. The summed E-state index contributed by atoms with van der Waals surface area (Å²) < 4.78 is 6.88. The number of ether oxygens (including phenoxy) is 1. The van der Waals surface area contributed by atoms with E-state index in [4.69, 9.17) is 9.84 Å². The van der Waals surface area contributed by atoms with Gasteiger partial charge in [0, 0.05) is 29.3 Å². The second kappa shape index (κ2) is 11.7. The molecule has 0 spiro atoms.